The second-order valence-corrected chi connectivity index (χ2v) is 10.2. The van der Waals surface area contributed by atoms with Crippen LogP contribution in [0.15, 0.2) is 133 Å². The third-order valence-corrected chi connectivity index (χ3v) is 8.00. The van der Waals surface area contributed by atoms with E-state index in [9.17, 15) is 15.2 Å². The van der Waals surface area contributed by atoms with Crippen molar-refractivity contribution in [3.05, 3.63) is 178 Å². The number of likely N-dealkylation sites (N-methyl/N-ethyl adjacent to an activating group) is 1. The Morgan fingerprint density at radius 2 is 1.12 bits per heavy atom. The van der Waals surface area contributed by atoms with Crippen LogP contribution >= 0.6 is 0 Å². The van der Waals surface area contributed by atoms with Crippen LogP contribution in [0.3, 0.4) is 0 Å². The van der Waals surface area contributed by atoms with Crippen molar-refractivity contribution in [1.29, 1.82) is 5.26 Å². The van der Waals surface area contributed by atoms with Gasteiger partial charge in [-0.25, -0.2) is 0 Å². The minimum Gasteiger partial charge on any atom is -0.366 e. The molecule has 0 saturated heterocycles. The van der Waals surface area contributed by atoms with Gasteiger partial charge in [0.25, 0.3) is 5.91 Å². The van der Waals surface area contributed by atoms with Gasteiger partial charge in [0.15, 0.2) is 5.72 Å². The molecule has 1 atom stereocenters. The molecule has 1 aliphatic heterocycles. The molecule has 0 spiro atoms. The fraction of sp³-hybridized carbons (Fsp3) is 0.111. The minimum atomic E-state index is -1.70. The number of amides is 1. The van der Waals surface area contributed by atoms with E-state index in [0.29, 0.717) is 16.7 Å². The zero-order chi connectivity index (χ0) is 27.7. The van der Waals surface area contributed by atoms with Crippen LogP contribution in [0.25, 0.3) is 0 Å². The topological polar surface area (TPSA) is 64.3 Å². The number of nitrogens with zero attached hydrogens (tertiary/aromatic N) is 2. The molecule has 1 unspecified atom stereocenters. The van der Waals surface area contributed by atoms with Crippen LogP contribution in [0, 0.1) is 11.3 Å². The monoisotopic (exact) mass is 520 g/mol. The van der Waals surface area contributed by atoms with Crippen LogP contribution in [-0.2, 0) is 5.72 Å². The fourth-order valence-electron chi connectivity index (χ4n) is 6.09. The maximum Gasteiger partial charge on any atom is 0.256 e. The predicted octanol–water partition coefficient (Wildman–Crippen LogP) is 6.80. The van der Waals surface area contributed by atoms with Gasteiger partial charge in [0.1, 0.15) is 0 Å². The molecule has 1 heterocycles. The second kappa shape index (κ2) is 10.3. The molecule has 194 valence electrons. The largest absolute Gasteiger partial charge is 0.366 e. The summed E-state index contributed by atoms with van der Waals surface area (Å²) in [6.45, 7) is 0. The van der Waals surface area contributed by atoms with E-state index in [2.05, 4.69) is 6.07 Å². The van der Waals surface area contributed by atoms with Gasteiger partial charge in [-0.05, 0) is 39.9 Å². The SMILES string of the molecule is CN1C(=O)c2cc(C(c3ccccc3)c3ccccc3)c(C#N)cc2C1(O)C(c1ccccc1)c1ccccc1. The highest BCUT2D eigenvalue weighted by Crippen LogP contribution is 2.50. The number of benzene rings is 5. The van der Waals surface area contributed by atoms with E-state index in [1.807, 2.05) is 127 Å². The molecule has 0 aromatic heterocycles. The van der Waals surface area contributed by atoms with Crippen LogP contribution in [0.2, 0.25) is 0 Å². The van der Waals surface area contributed by atoms with Crippen LogP contribution in [0.4, 0.5) is 0 Å². The number of fused-ring (bicyclic) bond motifs is 1. The van der Waals surface area contributed by atoms with Gasteiger partial charge in [0.2, 0.25) is 0 Å². The summed E-state index contributed by atoms with van der Waals surface area (Å²) in [7, 11) is 1.64. The maximum atomic E-state index is 13.9. The van der Waals surface area contributed by atoms with Crippen LogP contribution in [-0.4, -0.2) is 23.0 Å². The van der Waals surface area contributed by atoms with Crippen molar-refractivity contribution in [2.45, 2.75) is 17.6 Å². The maximum absolute atomic E-state index is 13.9. The summed E-state index contributed by atoms with van der Waals surface area (Å²) in [5.41, 5.74) is 4.10. The van der Waals surface area contributed by atoms with E-state index in [1.165, 1.54) is 4.90 Å². The minimum absolute atomic E-state index is 0.256. The zero-order valence-corrected chi connectivity index (χ0v) is 22.1. The van der Waals surface area contributed by atoms with E-state index in [0.717, 1.165) is 27.8 Å². The Bertz CT molecular complexity index is 1620. The first kappa shape index (κ1) is 25.3. The molecule has 6 rings (SSSR count). The highest BCUT2D eigenvalue weighted by atomic mass is 16.3. The molecule has 0 aliphatic carbocycles. The van der Waals surface area contributed by atoms with Gasteiger partial charge in [-0.15, -0.1) is 0 Å². The number of carbonyl (C=O) groups is 1. The molecule has 0 saturated carbocycles. The second-order valence-electron chi connectivity index (χ2n) is 10.2. The molecule has 1 amide bonds. The van der Waals surface area contributed by atoms with Gasteiger partial charge in [-0.2, -0.15) is 5.26 Å². The molecule has 4 nitrogen and oxygen atoms in total. The average Bonchev–Trinajstić information content (AvgIpc) is 3.20. The van der Waals surface area contributed by atoms with E-state index < -0.39 is 11.6 Å². The first-order valence-corrected chi connectivity index (χ1v) is 13.3. The van der Waals surface area contributed by atoms with Crippen molar-refractivity contribution in [2.24, 2.45) is 0 Å². The number of hydrogen-bond donors (Lipinski definition) is 1. The molecule has 1 aliphatic rings. The number of aliphatic hydroxyl groups is 1. The third-order valence-electron chi connectivity index (χ3n) is 8.00. The molecule has 0 radical (unpaired) electrons. The third kappa shape index (κ3) is 4.09. The summed E-state index contributed by atoms with van der Waals surface area (Å²) in [5, 5.41) is 23.1. The molecular formula is C36H28N2O2. The van der Waals surface area contributed by atoms with Gasteiger partial charge in [-0.1, -0.05) is 121 Å². The Morgan fingerprint density at radius 3 is 1.55 bits per heavy atom. The lowest BCUT2D eigenvalue weighted by atomic mass is 9.76. The van der Waals surface area contributed by atoms with E-state index in [4.69, 9.17) is 0 Å². The first-order chi connectivity index (χ1) is 19.5. The number of nitriles is 1. The number of hydrogen-bond acceptors (Lipinski definition) is 3. The lowest BCUT2D eigenvalue weighted by molar-refractivity contribution is -0.0850. The molecular weight excluding hydrogens is 492 g/mol. The fourth-order valence-corrected chi connectivity index (χ4v) is 6.09. The van der Waals surface area contributed by atoms with E-state index >= 15 is 0 Å². The first-order valence-electron chi connectivity index (χ1n) is 13.3. The van der Waals surface area contributed by atoms with Gasteiger partial charge >= 0.3 is 0 Å². The van der Waals surface area contributed by atoms with Crippen LogP contribution in [0.5, 0.6) is 0 Å². The van der Waals surface area contributed by atoms with Gasteiger partial charge < -0.3 is 10.0 Å². The van der Waals surface area contributed by atoms with Crippen molar-refractivity contribution in [3.63, 3.8) is 0 Å². The Kier molecular flexibility index (Phi) is 6.51. The lowest BCUT2D eigenvalue weighted by Crippen LogP contribution is -2.46. The molecule has 0 bridgehead atoms. The standard InChI is InChI=1S/C36H28N2O2/c1-38-35(39)31-23-30(33(25-14-6-2-7-15-25)26-16-8-3-9-17-26)29(24-37)22-32(31)36(38,40)34(27-18-10-4-11-19-27)28-20-12-5-13-21-28/h2-23,33-34,40H,1H3. The van der Waals surface area contributed by atoms with E-state index in [1.54, 1.807) is 13.1 Å². The Labute approximate surface area is 234 Å². The van der Waals surface area contributed by atoms with Crippen molar-refractivity contribution < 1.29 is 9.90 Å². The molecule has 4 heteroatoms. The summed E-state index contributed by atoms with van der Waals surface area (Å²) >= 11 is 0. The normalized spacial score (nSPS) is 16.3. The van der Waals surface area contributed by atoms with E-state index in [-0.39, 0.29) is 11.8 Å². The highest BCUT2D eigenvalue weighted by Gasteiger charge is 2.53. The zero-order valence-electron chi connectivity index (χ0n) is 22.1. The van der Waals surface area contributed by atoms with Crippen LogP contribution in [0.1, 0.15) is 61.1 Å². The molecule has 40 heavy (non-hydrogen) atoms. The summed E-state index contributed by atoms with van der Waals surface area (Å²) in [6, 6.07) is 45.4. The van der Waals surface area contributed by atoms with Crippen molar-refractivity contribution in [2.75, 3.05) is 7.05 Å². The summed E-state index contributed by atoms with van der Waals surface area (Å²) < 4.78 is 0. The molecule has 5 aromatic carbocycles. The predicted molar refractivity (Wildman–Crippen MR) is 156 cm³/mol. The molecule has 0 fully saturated rings. The Hall–Kier alpha value is -4.98. The van der Waals surface area contributed by atoms with Gasteiger partial charge in [0, 0.05) is 24.1 Å². The van der Waals surface area contributed by atoms with Gasteiger partial charge in [0.05, 0.1) is 17.6 Å². The Morgan fingerprint density at radius 1 is 0.700 bits per heavy atom. The average molecular weight is 521 g/mol. The van der Waals surface area contributed by atoms with Gasteiger partial charge in [-0.3, -0.25) is 4.79 Å². The number of carbonyl (C=O) groups excluding carboxylic acids is 1. The smallest absolute Gasteiger partial charge is 0.256 e. The highest BCUT2D eigenvalue weighted by molar-refractivity contribution is 6.00. The van der Waals surface area contributed by atoms with Crippen molar-refractivity contribution in [1.82, 2.24) is 4.90 Å². The van der Waals surface area contributed by atoms with Crippen molar-refractivity contribution in [3.8, 4) is 6.07 Å². The molecule has 1 N–H and O–H groups in total. The summed E-state index contributed by atoms with van der Waals surface area (Å²) in [4.78, 5) is 15.3. The summed E-state index contributed by atoms with van der Waals surface area (Å²) in [5.74, 6) is -1.10. The summed E-state index contributed by atoms with van der Waals surface area (Å²) in [6.07, 6.45) is 0. The lowest BCUT2D eigenvalue weighted by Gasteiger charge is -2.39. The number of rotatable bonds is 6. The van der Waals surface area contributed by atoms with Crippen molar-refractivity contribution >= 4 is 5.91 Å². The Balaban J connectivity index is 1.59. The quantitative estimate of drug-likeness (QED) is 0.250. The molecule has 5 aromatic rings. The van der Waals surface area contributed by atoms with Crippen LogP contribution < -0.4 is 0 Å².